The number of aromatic nitrogens is 4. The van der Waals surface area contributed by atoms with Crippen molar-refractivity contribution in [2.75, 3.05) is 0 Å². The fourth-order valence-corrected chi connectivity index (χ4v) is 7.40. The molecule has 0 saturated carbocycles. The van der Waals surface area contributed by atoms with E-state index in [4.69, 9.17) is 28.8 Å². The van der Waals surface area contributed by atoms with Crippen molar-refractivity contribution in [3.63, 3.8) is 0 Å². The predicted molar refractivity (Wildman–Crippen MR) is 209 cm³/mol. The van der Waals surface area contributed by atoms with Crippen LogP contribution in [0.3, 0.4) is 0 Å². The Morgan fingerprint density at radius 1 is 0.365 bits per heavy atom. The molecule has 4 heterocycles. The maximum Gasteiger partial charge on any atom is 0.167 e. The van der Waals surface area contributed by atoms with Crippen molar-refractivity contribution < 1.29 is 8.83 Å². The van der Waals surface area contributed by atoms with Gasteiger partial charge in [-0.15, -0.1) is 0 Å². The highest BCUT2D eigenvalue weighted by atomic mass is 16.3. The lowest BCUT2D eigenvalue weighted by molar-refractivity contribution is 0.669. The summed E-state index contributed by atoms with van der Waals surface area (Å²) in [4.78, 5) is 20.4. The molecule has 0 saturated heterocycles. The van der Waals surface area contributed by atoms with Crippen LogP contribution in [0.5, 0.6) is 0 Å². The highest BCUT2D eigenvalue weighted by molar-refractivity contribution is 6.19. The van der Waals surface area contributed by atoms with Gasteiger partial charge >= 0.3 is 0 Å². The van der Waals surface area contributed by atoms with E-state index in [1.54, 1.807) is 0 Å². The number of benzene rings is 7. The molecule has 6 nitrogen and oxygen atoms in total. The second-order valence-corrected chi connectivity index (χ2v) is 13.0. The van der Waals surface area contributed by atoms with E-state index in [0.717, 1.165) is 93.5 Å². The van der Waals surface area contributed by atoms with Crippen molar-refractivity contribution >= 4 is 65.6 Å². The molecule has 7 aromatic carbocycles. The molecule has 11 aromatic rings. The molecular weight excluding hydrogens is 641 g/mol. The Balaban J connectivity index is 1.10. The zero-order valence-electron chi connectivity index (χ0n) is 27.6. The number of furan rings is 2. The van der Waals surface area contributed by atoms with Crippen LogP contribution in [0.2, 0.25) is 0 Å². The Hall–Kier alpha value is -7.18. The third kappa shape index (κ3) is 4.44. The first-order chi connectivity index (χ1) is 25.7. The minimum absolute atomic E-state index is 0.546. The highest BCUT2D eigenvalue weighted by Crippen LogP contribution is 2.40. The lowest BCUT2D eigenvalue weighted by Gasteiger charge is -2.10. The molecule has 0 aliphatic rings. The molecule has 0 fully saturated rings. The van der Waals surface area contributed by atoms with Gasteiger partial charge in [-0.1, -0.05) is 121 Å². The van der Waals surface area contributed by atoms with Gasteiger partial charge in [-0.25, -0.2) is 19.9 Å². The summed E-state index contributed by atoms with van der Waals surface area (Å²) in [6, 6.07) is 53.4. The van der Waals surface area contributed by atoms with Gasteiger partial charge in [0.2, 0.25) is 0 Å². The largest absolute Gasteiger partial charge is 0.455 e. The molecule has 52 heavy (non-hydrogen) atoms. The molecule has 11 rings (SSSR count). The van der Waals surface area contributed by atoms with Crippen LogP contribution in [0.25, 0.3) is 111 Å². The van der Waals surface area contributed by atoms with E-state index in [1.807, 2.05) is 78.9 Å². The Morgan fingerprint density at radius 3 is 1.81 bits per heavy atom. The summed E-state index contributed by atoms with van der Waals surface area (Å²) >= 11 is 0. The molecule has 0 unspecified atom stereocenters. The van der Waals surface area contributed by atoms with Gasteiger partial charge in [0.15, 0.2) is 17.5 Å². The van der Waals surface area contributed by atoms with Crippen molar-refractivity contribution in [3.05, 3.63) is 158 Å². The van der Waals surface area contributed by atoms with Gasteiger partial charge in [-0.3, -0.25) is 0 Å². The minimum Gasteiger partial charge on any atom is -0.455 e. The van der Waals surface area contributed by atoms with Gasteiger partial charge in [0, 0.05) is 38.2 Å². The number of para-hydroxylation sites is 4. The second-order valence-electron chi connectivity index (χ2n) is 13.0. The molecule has 0 amide bonds. The summed E-state index contributed by atoms with van der Waals surface area (Å²) in [6.45, 7) is 0. The Labute approximate surface area is 296 Å². The number of rotatable bonds is 4. The lowest BCUT2D eigenvalue weighted by Crippen LogP contribution is -2.00. The molecule has 6 heteroatoms. The number of pyridine rings is 1. The zero-order chi connectivity index (χ0) is 34.2. The van der Waals surface area contributed by atoms with Gasteiger partial charge in [0.1, 0.15) is 22.3 Å². The van der Waals surface area contributed by atoms with Gasteiger partial charge < -0.3 is 8.83 Å². The molecule has 0 spiro atoms. The summed E-state index contributed by atoms with van der Waals surface area (Å²) in [5.74, 6) is 1.70. The first kappa shape index (κ1) is 28.6. The van der Waals surface area contributed by atoms with Gasteiger partial charge in [0.25, 0.3) is 0 Å². The van der Waals surface area contributed by atoms with Crippen LogP contribution in [-0.2, 0) is 0 Å². The molecule has 0 bridgehead atoms. The van der Waals surface area contributed by atoms with Crippen molar-refractivity contribution in [2.24, 2.45) is 0 Å². The van der Waals surface area contributed by atoms with E-state index in [2.05, 4.69) is 78.9 Å². The van der Waals surface area contributed by atoms with Crippen molar-refractivity contribution in [1.29, 1.82) is 0 Å². The molecule has 0 aliphatic heterocycles. The van der Waals surface area contributed by atoms with Crippen LogP contribution in [0, 0.1) is 0 Å². The predicted octanol–water partition coefficient (Wildman–Crippen LogP) is 12.0. The first-order valence-electron chi connectivity index (χ1n) is 17.2. The first-order valence-corrected chi connectivity index (χ1v) is 17.2. The van der Waals surface area contributed by atoms with Crippen LogP contribution < -0.4 is 0 Å². The Bertz CT molecular complexity index is 3200. The Morgan fingerprint density at radius 2 is 0.962 bits per heavy atom. The summed E-state index contributed by atoms with van der Waals surface area (Å²) in [5, 5.41) is 7.39. The van der Waals surface area contributed by atoms with E-state index >= 15 is 0 Å². The molecular formula is C46H26N4O2. The zero-order valence-corrected chi connectivity index (χ0v) is 27.6. The summed E-state index contributed by atoms with van der Waals surface area (Å²) in [7, 11) is 0. The molecule has 0 N–H and O–H groups in total. The molecule has 4 aromatic heterocycles. The van der Waals surface area contributed by atoms with Gasteiger partial charge in [-0.05, 0) is 47.2 Å². The van der Waals surface area contributed by atoms with Crippen molar-refractivity contribution in [3.8, 4) is 45.4 Å². The quantitative estimate of drug-likeness (QED) is 0.186. The average molecular weight is 667 g/mol. The normalized spacial score (nSPS) is 11.8. The van der Waals surface area contributed by atoms with Crippen LogP contribution in [0.1, 0.15) is 0 Å². The minimum atomic E-state index is 0.546. The van der Waals surface area contributed by atoms with Crippen LogP contribution in [0.15, 0.2) is 167 Å². The van der Waals surface area contributed by atoms with Gasteiger partial charge in [-0.2, -0.15) is 0 Å². The third-order valence-corrected chi connectivity index (χ3v) is 9.92. The molecule has 0 radical (unpaired) electrons. The van der Waals surface area contributed by atoms with E-state index in [-0.39, 0.29) is 0 Å². The topological polar surface area (TPSA) is 77.8 Å². The molecule has 0 aliphatic carbocycles. The van der Waals surface area contributed by atoms with E-state index in [0.29, 0.717) is 17.5 Å². The third-order valence-electron chi connectivity index (χ3n) is 9.92. The number of nitrogens with zero attached hydrogens (tertiary/aromatic N) is 4. The molecule has 242 valence electrons. The average Bonchev–Trinajstić information content (AvgIpc) is 3.80. The number of hydrogen-bond donors (Lipinski definition) is 0. The van der Waals surface area contributed by atoms with Crippen molar-refractivity contribution in [2.45, 2.75) is 0 Å². The number of hydrogen-bond acceptors (Lipinski definition) is 6. The summed E-state index contributed by atoms with van der Waals surface area (Å²) in [5.41, 5.74) is 8.56. The fourth-order valence-electron chi connectivity index (χ4n) is 7.40. The van der Waals surface area contributed by atoms with Crippen LogP contribution in [0.4, 0.5) is 0 Å². The summed E-state index contributed by atoms with van der Waals surface area (Å²) in [6.07, 6.45) is 0. The van der Waals surface area contributed by atoms with Crippen LogP contribution in [-0.4, -0.2) is 19.9 Å². The maximum absolute atomic E-state index is 6.43. The lowest BCUT2D eigenvalue weighted by atomic mass is 10.0. The highest BCUT2D eigenvalue weighted by Gasteiger charge is 2.20. The SMILES string of the molecule is c1ccc2cc(-c3nc(-c4ccc(-c5nc6ccccc6c6oc7ccccc7c56)cc4)nc(-c4cccc5c4oc4ccccc45)n3)ccc2c1. The smallest absolute Gasteiger partial charge is 0.167 e. The fraction of sp³-hybridized carbons (Fsp3) is 0. The van der Waals surface area contributed by atoms with E-state index in [9.17, 15) is 0 Å². The molecule has 0 atom stereocenters. The monoisotopic (exact) mass is 666 g/mol. The van der Waals surface area contributed by atoms with Gasteiger partial charge in [0.05, 0.1) is 22.2 Å². The van der Waals surface area contributed by atoms with E-state index < -0.39 is 0 Å². The number of fused-ring (bicyclic) bond motifs is 9. The summed E-state index contributed by atoms with van der Waals surface area (Å²) < 4.78 is 12.9. The van der Waals surface area contributed by atoms with E-state index in [1.165, 1.54) is 0 Å². The van der Waals surface area contributed by atoms with Crippen LogP contribution >= 0.6 is 0 Å². The second kappa shape index (κ2) is 11.2. The standard InChI is InChI=1S/C46H26N4O2/c1-2-11-30-26-31(25-20-27(30)10-1)45-48-44(49-46(50-45)36-16-9-15-33-32-12-4-7-18-38(32)51-42(33)36)29-23-21-28(22-24-29)41-40-35-14-5-8-19-39(35)52-43(40)34-13-3-6-17-37(34)47-41/h1-26H. The Kier molecular flexibility index (Phi) is 6.15. The van der Waals surface area contributed by atoms with Crippen molar-refractivity contribution in [1.82, 2.24) is 19.9 Å². The maximum atomic E-state index is 6.43.